The number of hydrogen-bond acceptors (Lipinski definition) is 2. The van der Waals surface area contributed by atoms with Crippen molar-refractivity contribution < 1.29 is 13.9 Å². The van der Waals surface area contributed by atoms with Crippen molar-refractivity contribution in [2.45, 2.75) is 27.2 Å². The Balaban J connectivity index is 2.22. The van der Waals surface area contributed by atoms with Gasteiger partial charge in [-0.1, -0.05) is 19.9 Å². The molecule has 0 heterocycles. The van der Waals surface area contributed by atoms with Gasteiger partial charge in [-0.2, -0.15) is 0 Å². The minimum Gasteiger partial charge on any atom is -0.381 e. The molecule has 0 atom stereocenters. The molecule has 0 spiro atoms. The average molecular weight is 282 g/mol. The van der Waals surface area contributed by atoms with E-state index < -0.39 is 11.8 Å². The Kier molecular flexibility index (Phi) is 7.01. The molecule has 2 amide bonds. The number of carbonyl (C=O) groups excluding carboxylic acids is 1. The molecule has 1 aromatic rings. The third-order valence-electron chi connectivity index (χ3n) is 2.57. The summed E-state index contributed by atoms with van der Waals surface area (Å²) in [6.45, 7) is 7.84. The second kappa shape index (κ2) is 8.53. The van der Waals surface area contributed by atoms with Crippen LogP contribution in [0.1, 0.15) is 25.8 Å². The zero-order valence-corrected chi connectivity index (χ0v) is 12.3. The number of halogens is 1. The predicted octanol–water partition coefficient (Wildman–Crippen LogP) is 3.32. The van der Waals surface area contributed by atoms with Gasteiger partial charge in [-0.05, 0) is 37.0 Å². The first kappa shape index (κ1) is 16.4. The Bertz CT molecular complexity index is 436. The largest absolute Gasteiger partial charge is 0.381 e. The third-order valence-corrected chi connectivity index (χ3v) is 2.57. The van der Waals surface area contributed by atoms with E-state index in [1.165, 1.54) is 6.07 Å². The molecule has 0 radical (unpaired) electrons. The Morgan fingerprint density at radius 1 is 1.40 bits per heavy atom. The van der Waals surface area contributed by atoms with Crippen molar-refractivity contribution in [3.8, 4) is 0 Å². The lowest BCUT2D eigenvalue weighted by Crippen LogP contribution is -2.30. The van der Waals surface area contributed by atoms with Crippen LogP contribution in [0.15, 0.2) is 18.2 Å². The summed E-state index contributed by atoms with van der Waals surface area (Å²) < 4.78 is 18.8. The maximum Gasteiger partial charge on any atom is 0.319 e. The first-order valence-corrected chi connectivity index (χ1v) is 6.87. The number of benzene rings is 1. The molecule has 1 aromatic carbocycles. The summed E-state index contributed by atoms with van der Waals surface area (Å²) in [5.74, 6) is 0.0709. The van der Waals surface area contributed by atoms with E-state index in [1.807, 2.05) is 6.92 Å². The standard InChI is InChI=1S/C15H23FN2O2/c1-11(2)10-20-8-4-7-17-15(19)18-14-9-12(3)5-6-13(14)16/h5-6,9,11H,4,7-8,10H2,1-3H3,(H2,17,18,19). The minimum absolute atomic E-state index is 0.193. The van der Waals surface area contributed by atoms with Crippen molar-refractivity contribution in [2.24, 2.45) is 5.92 Å². The monoisotopic (exact) mass is 282 g/mol. The summed E-state index contributed by atoms with van der Waals surface area (Å²) in [6, 6.07) is 4.19. The van der Waals surface area contributed by atoms with E-state index in [9.17, 15) is 9.18 Å². The molecule has 0 bridgehead atoms. The van der Waals surface area contributed by atoms with E-state index >= 15 is 0 Å². The van der Waals surface area contributed by atoms with E-state index in [0.717, 1.165) is 18.6 Å². The maximum absolute atomic E-state index is 13.4. The number of hydrogen-bond donors (Lipinski definition) is 2. The highest BCUT2D eigenvalue weighted by Gasteiger charge is 2.06. The normalized spacial score (nSPS) is 10.7. The molecule has 0 fully saturated rings. The lowest BCUT2D eigenvalue weighted by atomic mass is 10.2. The van der Waals surface area contributed by atoms with E-state index in [2.05, 4.69) is 24.5 Å². The van der Waals surface area contributed by atoms with Crippen LogP contribution in [0, 0.1) is 18.7 Å². The Hall–Kier alpha value is -1.62. The molecule has 112 valence electrons. The molecule has 0 aliphatic rings. The van der Waals surface area contributed by atoms with Crippen molar-refractivity contribution in [3.05, 3.63) is 29.6 Å². The molecule has 5 heteroatoms. The van der Waals surface area contributed by atoms with E-state index in [4.69, 9.17) is 4.74 Å². The van der Waals surface area contributed by atoms with Crippen LogP contribution in [0.4, 0.5) is 14.9 Å². The molecule has 0 saturated heterocycles. The van der Waals surface area contributed by atoms with Gasteiger partial charge in [0.2, 0.25) is 0 Å². The molecule has 0 unspecified atom stereocenters. The number of rotatable bonds is 7. The summed E-state index contributed by atoms with van der Waals surface area (Å²) >= 11 is 0. The number of aryl methyl sites for hydroxylation is 1. The number of ether oxygens (including phenoxy) is 1. The fourth-order valence-electron chi connectivity index (χ4n) is 1.60. The van der Waals surface area contributed by atoms with Crippen molar-refractivity contribution >= 4 is 11.7 Å². The highest BCUT2D eigenvalue weighted by Crippen LogP contribution is 2.15. The van der Waals surface area contributed by atoms with Crippen molar-refractivity contribution in [2.75, 3.05) is 25.1 Å². The molecule has 4 nitrogen and oxygen atoms in total. The summed E-state index contributed by atoms with van der Waals surface area (Å²) in [4.78, 5) is 11.6. The van der Waals surface area contributed by atoms with E-state index in [1.54, 1.807) is 12.1 Å². The Labute approximate surface area is 119 Å². The van der Waals surface area contributed by atoms with Gasteiger partial charge in [0.05, 0.1) is 5.69 Å². The van der Waals surface area contributed by atoms with Crippen LogP contribution in [0.3, 0.4) is 0 Å². The van der Waals surface area contributed by atoms with Gasteiger partial charge in [0.25, 0.3) is 0 Å². The zero-order chi connectivity index (χ0) is 15.0. The molecule has 0 aromatic heterocycles. The van der Waals surface area contributed by atoms with Crippen LogP contribution in [0.25, 0.3) is 0 Å². The summed E-state index contributed by atoms with van der Waals surface area (Å²) in [6.07, 6.45) is 0.733. The first-order valence-electron chi connectivity index (χ1n) is 6.87. The smallest absolute Gasteiger partial charge is 0.319 e. The van der Waals surface area contributed by atoms with Gasteiger partial charge in [-0.15, -0.1) is 0 Å². The highest BCUT2D eigenvalue weighted by molar-refractivity contribution is 5.89. The molecule has 1 rings (SSSR count). The lowest BCUT2D eigenvalue weighted by Gasteiger charge is -2.10. The Morgan fingerprint density at radius 3 is 2.85 bits per heavy atom. The molecular formula is C15H23FN2O2. The summed E-state index contributed by atoms with van der Waals surface area (Å²) in [5.41, 5.74) is 1.09. The van der Waals surface area contributed by atoms with Crippen LogP contribution in [0.2, 0.25) is 0 Å². The van der Waals surface area contributed by atoms with Crippen LogP contribution in [-0.2, 0) is 4.74 Å². The summed E-state index contributed by atoms with van der Waals surface area (Å²) in [7, 11) is 0. The summed E-state index contributed by atoms with van der Waals surface area (Å²) in [5, 5.41) is 5.16. The van der Waals surface area contributed by atoms with Crippen molar-refractivity contribution in [1.29, 1.82) is 0 Å². The fourth-order valence-corrected chi connectivity index (χ4v) is 1.60. The molecule has 20 heavy (non-hydrogen) atoms. The second-order valence-corrected chi connectivity index (χ2v) is 5.19. The van der Waals surface area contributed by atoms with Gasteiger partial charge in [0.15, 0.2) is 0 Å². The number of urea groups is 1. The molecular weight excluding hydrogens is 259 g/mol. The van der Waals surface area contributed by atoms with Gasteiger partial charge in [0.1, 0.15) is 5.82 Å². The average Bonchev–Trinajstić information content (AvgIpc) is 2.37. The number of amides is 2. The maximum atomic E-state index is 13.4. The van der Waals surface area contributed by atoms with E-state index in [-0.39, 0.29) is 5.69 Å². The zero-order valence-electron chi connectivity index (χ0n) is 12.3. The predicted molar refractivity (Wildman–Crippen MR) is 78.4 cm³/mol. The first-order chi connectivity index (χ1) is 9.49. The number of anilines is 1. The molecule has 2 N–H and O–H groups in total. The van der Waals surface area contributed by atoms with E-state index in [0.29, 0.717) is 19.1 Å². The van der Waals surface area contributed by atoms with Crippen molar-refractivity contribution in [3.63, 3.8) is 0 Å². The van der Waals surface area contributed by atoms with Gasteiger partial charge in [-0.3, -0.25) is 0 Å². The fraction of sp³-hybridized carbons (Fsp3) is 0.533. The van der Waals surface area contributed by atoms with Gasteiger partial charge in [0, 0.05) is 19.8 Å². The quantitative estimate of drug-likeness (QED) is 0.754. The van der Waals surface area contributed by atoms with Gasteiger partial charge in [-0.25, -0.2) is 9.18 Å². The van der Waals surface area contributed by atoms with Crippen LogP contribution < -0.4 is 10.6 Å². The highest BCUT2D eigenvalue weighted by atomic mass is 19.1. The van der Waals surface area contributed by atoms with Crippen LogP contribution >= 0.6 is 0 Å². The number of carbonyl (C=O) groups is 1. The minimum atomic E-state index is -0.439. The molecule has 0 aliphatic heterocycles. The lowest BCUT2D eigenvalue weighted by molar-refractivity contribution is 0.108. The van der Waals surface area contributed by atoms with Crippen LogP contribution in [0.5, 0.6) is 0 Å². The second-order valence-electron chi connectivity index (χ2n) is 5.19. The number of nitrogens with one attached hydrogen (secondary N) is 2. The molecule has 0 aliphatic carbocycles. The molecule has 0 saturated carbocycles. The topological polar surface area (TPSA) is 50.4 Å². The Morgan fingerprint density at radius 2 is 2.15 bits per heavy atom. The third kappa shape index (κ3) is 6.52. The van der Waals surface area contributed by atoms with Crippen LogP contribution in [-0.4, -0.2) is 25.8 Å². The SMILES string of the molecule is Cc1ccc(F)c(NC(=O)NCCCOCC(C)C)c1. The van der Waals surface area contributed by atoms with Gasteiger partial charge < -0.3 is 15.4 Å². The van der Waals surface area contributed by atoms with Crippen molar-refractivity contribution in [1.82, 2.24) is 5.32 Å². The van der Waals surface area contributed by atoms with Gasteiger partial charge >= 0.3 is 6.03 Å².